The van der Waals surface area contributed by atoms with Gasteiger partial charge in [0.2, 0.25) is 0 Å². The van der Waals surface area contributed by atoms with E-state index in [1.54, 1.807) is 18.2 Å². The Bertz CT molecular complexity index is 1210. The highest BCUT2D eigenvalue weighted by Crippen LogP contribution is 2.50. The number of anilines is 1. The zero-order valence-corrected chi connectivity index (χ0v) is 20.0. The number of fused-ring (bicyclic) bond motifs is 1. The van der Waals surface area contributed by atoms with Gasteiger partial charge in [-0.05, 0) is 48.1 Å². The van der Waals surface area contributed by atoms with Crippen LogP contribution in [0, 0.1) is 0 Å². The summed E-state index contributed by atoms with van der Waals surface area (Å²) in [6, 6.07) is 6.40. The van der Waals surface area contributed by atoms with Crippen molar-refractivity contribution in [3.05, 3.63) is 64.7 Å². The molecule has 0 bridgehead atoms. The molecule has 3 N–H and O–H groups in total. The van der Waals surface area contributed by atoms with Crippen molar-refractivity contribution in [2.24, 2.45) is 0 Å². The van der Waals surface area contributed by atoms with Crippen LogP contribution in [0.15, 0.2) is 42.5 Å². The number of alkyl halides is 6. The number of ether oxygens (including phenoxy) is 1. The zero-order valence-electron chi connectivity index (χ0n) is 20.0. The van der Waals surface area contributed by atoms with Gasteiger partial charge in [0.1, 0.15) is 11.6 Å². The first-order valence-electron chi connectivity index (χ1n) is 11.5. The fraction of sp³-hybridized carbons (Fsp3) is 0.440. The molecule has 2 aliphatic rings. The molecule has 13 heteroatoms. The second kappa shape index (κ2) is 9.54. The first-order valence-corrected chi connectivity index (χ1v) is 11.5. The molecule has 0 aromatic heterocycles. The van der Waals surface area contributed by atoms with Gasteiger partial charge in [0.25, 0.3) is 17.4 Å². The SMILES string of the molecule is COC1(C(=O)N2Cc3cc(CCO)ccc3C2C(=O)Nc2ccc(C(O)(C(F)(F)F)C(F)(F)F)cc2)CC1. The average Bonchev–Trinajstić information content (AvgIpc) is 3.55. The topological polar surface area (TPSA) is 99.1 Å². The molecule has 38 heavy (non-hydrogen) atoms. The molecular weight excluding hydrogens is 522 g/mol. The minimum atomic E-state index is -6.04. The van der Waals surface area contributed by atoms with Crippen LogP contribution in [0.1, 0.15) is 41.1 Å². The Morgan fingerprint density at radius 1 is 1.05 bits per heavy atom. The van der Waals surface area contributed by atoms with Crippen molar-refractivity contribution in [3.63, 3.8) is 0 Å². The fourth-order valence-corrected chi connectivity index (χ4v) is 4.64. The number of rotatable bonds is 7. The van der Waals surface area contributed by atoms with E-state index in [1.165, 1.54) is 12.0 Å². The Balaban J connectivity index is 1.63. The summed E-state index contributed by atoms with van der Waals surface area (Å²) in [4.78, 5) is 28.0. The molecule has 1 aliphatic heterocycles. The predicted octanol–water partition coefficient (Wildman–Crippen LogP) is 3.73. The summed E-state index contributed by atoms with van der Waals surface area (Å²) in [7, 11) is 1.38. The summed E-state index contributed by atoms with van der Waals surface area (Å²) >= 11 is 0. The smallest absolute Gasteiger partial charge is 0.396 e. The Hall–Kier alpha value is -3.16. The normalized spacial score (nSPS) is 18.8. The van der Waals surface area contributed by atoms with E-state index in [9.17, 15) is 46.1 Å². The molecule has 1 heterocycles. The number of carbonyl (C=O) groups excluding carboxylic acids is 2. The third-order valence-corrected chi connectivity index (χ3v) is 6.94. The number of methoxy groups -OCH3 is 1. The Morgan fingerprint density at radius 2 is 1.66 bits per heavy atom. The van der Waals surface area contributed by atoms with Crippen molar-refractivity contribution in [3.8, 4) is 0 Å². The molecule has 2 aromatic rings. The Kier molecular flexibility index (Phi) is 7.00. The van der Waals surface area contributed by atoms with Gasteiger partial charge < -0.3 is 25.2 Å². The summed E-state index contributed by atoms with van der Waals surface area (Å²) in [6.07, 6.45) is -10.8. The second-order valence-electron chi connectivity index (χ2n) is 9.31. The van der Waals surface area contributed by atoms with Crippen molar-refractivity contribution in [1.82, 2.24) is 4.90 Å². The van der Waals surface area contributed by atoms with E-state index in [0.29, 0.717) is 42.5 Å². The summed E-state index contributed by atoms with van der Waals surface area (Å²) in [6.45, 7) is -0.0360. The van der Waals surface area contributed by atoms with Gasteiger partial charge in [0.15, 0.2) is 0 Å². The highest BCUT2D eigenvalue weighted by molar-refractivity contribution is 6.00. The van der Waals surface area contributed by atoms with Crippen LogP contribution in [0.3, 0.4) is 0 Å². The number of hydrogen-bond acceptors (Lipinski definition) is 5. The number of amides is 2. The number of halogens is 6. The largest absolute Gasteiger partial charge is 0.430 e. The molecular formula is C25H24F6N2O5. The van der Waals surface area contributed by atoms with E-state index >= 15 is 0 Å². The molecule has 4 rings (SSSR count). The number of carbonyl (C=O) groups is 2. The van der Waals surface area contributed by atoms with Crippen LogP contribution in [0.5, 0.6) is 0 Å². The maximum absolute atomic E-state index is 13.3. The Labute approximate surface area is 213 Å². The lowest BCUT2D eigenvalue weighted by atomic mass is 9.92. The lowest BCUT2D eigenvalue weighted by Gasteiger charge is -2.32. The fourth-order valence-electron chi connectivity index (χ4n) is 4.64. The van der Waals surface area contributed by atoms with Gasteiger partial charge in [-0.2, -0.15) is 26.3 Å². The lowest BCUT2D eigenvalue weighted by molar-refractivity contribution is -0.376. The van der Waals surface area contributed by atoms with Gasteiger partial charge in [-0.1, -0.05) is 30.3 Å². The maximum atomic E-state index is 13.3. The first kappa shape index (κ1) is 27.9. The van der Waals surface area contributed by atoms with Crippen LogP contribution in [0.2, 0.25) is 0 Å². The number of nitrogens with zero attached hydrogens (tertiary/aromatic N) is 1. The standard InChI is InChI=1S/C25H24F6N2O5/c1-38-22(9-10-22)21(36)33-13-15-12-14(8-11-34)2-7-18(15)19(33)20(35)32-17-5-3-16(4-6-17)23(37,24(26,27)28)25(29,30)31/h2-7,12,19,34,37H,8-11,13H2,1H3,(H,32,35). The van der Waals surface area contributed by atoms with Crippen molar-refractivity contribution >= 4 is 17.5 Å². The van der Waals surface area contributed by atoms with Crippen molar-refractivity contribution in [1.29, 1.82) is 0 Å². The van der Waals surface area contributed by atoms with Gasteiger partial charge in [0, 0.05) is 31.5 Å². The van der Waals surface area contributed by atoms with E-state index in [-0.39, 0.29) is 18.8 Å². The zero-order chi connectivity index (χ0) is 28.1. The number of aliphatic hydroxyl groups is 2. The summed E-state index contributed by atoms with van der Waals surface area (Å²) < 4.78 is 84.4. The minimum absolute atomic E-state index is 0.0692. The number of nitrogens with one attached hydrogen (secondary N) is 1. The first-order chi connectivity index (χ1) is 17.7. The van der Waals surface area contributed by atoms with Gasteiger partial charge in [-0.25, -0.2) is 0 Å². The molecule has 0 radical (unpaired) electrons. The van der Waals surface area contributed by atoms with Gasteiger partial charge >= 0.3 is 12.4 Å². The summed E-state index contributed by atoms with van der Waals surface area (Å²) in [5, 5.41) is 21.2. The molecule has 206 valence electrons. The van der Waals surface area contributed by atoms with Crippen LogP contribution in [0.25, 0.3) is 0 Å². The molecule has 1 fully saturated rings. The number of hydrogen-bond donors (Lipinski definition) is 3. The minimum Gasteiger partial charge on any atom is -0.396 e. The molecule has 1 unspecified atom stereocenters. The highest BCUT2D eigenvalue weighted by Gasteiger charge is 2.71. The van der Waals surface area contributed by atoms with E-state index in [0.717, 1.165) is 17.7 Å². The van der Waals surface area contributed by atoms with E-state index in [4.69, 9.17) is 4.74 Å². The number of aliphatic hydroxyl groups excluding tert-OH is 1. The third kappa shape index (κ3) is 4.63. The maximum Gasteiger partial charge on any atom is 0.430 e. The van der Waals surface area contributed by atoms with Crippen LogP contribution in [-0.2, 0) is 32.9 Å². The molecule has 2 amide bonds. The monoisotopic (exact) mass is 546 g/mol. The van der Waals surface area contributed by atoms with Gasteiger partial charge in [-0.15, -0.1) is 0 Å². The van der Waals surface area contributed by atoms with Crippen LogP contribution in [-0.4, -0.2) is 58.6 Å². The summed E-state index contributed by atoms with van der Waals surface area (Å²) in [5.74, 6) is -1.16. The van der Waals surface area contributed by atoms with Crippen LogP contribution in [0.4, 0.5) is 32.0 Å². The molecule has 1 atom stereocenters. The Morgan fingerprint density at radius 3 is 2.16 bits per heavy atom. The third-order valence-electron chi connectivity index (χ3n) is 6.94. The van der Waals surface area contributed by atoms with Crippen molar-refractivity contribution in [2.45, 2.75) is 55.4 Å². The van der Waals surface area contributed by atoms with Crippen molar-refractivity contribution in [2.75, 3.05) is 19.0 Å². The van der Waals surface area contributed by atoms with Gasteiger partial charge in [-0.3, -0.25) is 9.59 Å². The highest BCUT2D eigenvalue weighted by atomic mass is 19.4. The molecule has 7 nitrogen and oxygen atoms in total. The molecule has 2 aromatic carbocycles. The predicted molar refractivity (Wildman–Crippen MR) is 121 cm³/mol. The van der Waals surface area contributed by atoms with Crippen LogP contribution < -0.4 is 5.32 Å². The second-order valence-corrected chi connectivity index (χ2v) is 9.31. The molecule has 0 saturated heterocycles. The lowest BCUT2D eigenvalue weighted by Crippen LogP contribution is -2.53. The van der Waals surface area contributed by atoms with Crippen LogP contribution >= 0.6 is 0 Å². The molecule has 1 aliphatic carbocycles. The molecule has 1 saturated carbocycles. The van der Waals surface area contributed by atoms with Crippen molar-refractivity contribution < 1.29 is 50.9 Å². The van der Waals surface area contributed by atoms with E-state index in [2.05, 4.69) is 5.32 Å². The molecule has 0 spiro atoms. The van der Waals surface area contributed by atoms with E-state index < -0.39 is 47.0 Å². The summed E-state index contributed by atoms with van der Waals surface area (Å²) in [5.41, 5.74) is -5.83. The average molecular weight is 546 g/mol. The quantitative estimate of drug-likeness (QED) is 0.460. The number of benzene rings is 2. The van der Waals surface area contributed by atoms with Gasteiger partial charge in [0.05, 0.1) is 0 Å². The van der Waals surface area contributed by atoms with E-state index in [1.807, 2.05) is 0 Å².